The Morgan fingerprint density at radius 2 is 1.95 bits per heavy atom. The molecule has 0 saturated heterocycles. The van der Waals surface area contributed by atoms with Crippen LogP contribution in [0.5, 0.6) is 0 Å². The molecule has 0 fully saturated rings. The van der Waals surface area contributed by atoms with Crippen LogP contribution < -0.4 is 0 Å². The van der Waals surface area contributed by atoms with Gasteiger partial charge in [0.25, 0.3) is 0 Å². The van der Waals surface area contributed by atoms with Crippen LogP contribution in [0.4, 0.5) is 0 Å². The molecule has 3 heteroatoms. The quantitative estimate of drug-likeness (QED) is 0.240. The first-order chi connectivity index (χ1) is 10.4. The lowest BCUT2D eigenvalue weighted by Crippen LogP contribution is -2.14. The summed E-state index contributed by atoms with van der Waals surface area (Å²) in [7, 11) is 0. The first-order valence-corrected chi connectivity index (χ1v) is 7.34. The molecule has 0 atom stereocenters. The zero-order chi connectivity index (χ0) is 16.6. The molecule has 0 aromatic rings. The zero-order valence-corrected chi connectivity index (χ0v) is 13.7. The van der Waals surface area contributed by atoms with Gasteiger partial charge in [0.2, 0.25) is 0 Å². The van der Waals surface area contributed by atoms with E-state index < -0.39 is 0 Å². The molecule has 1 aliphatic carbocycles. The van der Waals surface area contributed by atoms with Gasteiger partial charge in [-0.25, -0.2) is 0 Å². The maximum atomic E-state index is 11.3. The summed E-state index contributed by atoms with van der Waals surface area (Å²) in [6.07, 6.45) is 13.8. The molecule has 0 aliphatic heterocycles. The van der Waals surface area contributed by atoms with Gasteiger partial charge < -0.3 is 4.74 Å². The lowest BCUT2D eigenvalue weighted by Gasteiger charge is -2.24. The number of hydrogen-bond donors (Lipinski definition) is 0. The monoisotopic (exact) mass is 297 g/mol. The van der Waals surface area contributed by atoms with Crippen LogP contribution in [0.25, 0.3) is 0 Å². The number of ether oxygens (including phenoxy) is 1. The smallest absolute Gasteiger partial charge is 0.150 e. The van der Waals surface area contributed by atoms with E-state index in [1.807, 2.05) is 30.4 Å². The zero-order valence-electron chi connectivity index (χ0n) is 13.7. The summed E-state index contributed by atoms with van der Waals surface area (Å²) in [6.45, 7) is 8.13. The second-order valence-corrected chi connectivity index (χ2v) is 6.25. The van der Waals surface area contributed by atoms with Crippen molar-refractivity contribution in [3.05, 3.63) is 59.4 Å². The van der Waals surface area contributed by atoms with Crippen molar-refractivity contribution in [3.63, 3.8) is 0 Å². The fraction of sp³-hybridized carbons (Fsp3) is 0.368. The van der Waals surface area contributed by atoms with Gasteiger partial charge in [0.1, 0.15) is 18.1 Å². The van der Waals surface area contributed by atoms with Crippen molar-refractivity contribution < 1.29 is 9.53 Å². The molecule has 0 spiro atoms. The van der Waals surface area contributed by atoms with Crippen molar-refractivity contribution in [1.29, 1.82) is 5.26 Å². The van der Waals surface area contributed by atoms with Crippen LogP contribution in [0.15, 0.2) is 59.4 Å². The Morgan fingerprint density at radius 1 is 1.32 bits per heavy atom. The van der Waals surface area contributed by atoms with Gasteiger partial charge in [-0.05, 0) is 30.6 Å². The Kier molecular flexibility index (Phi) is 6.59. The molecule has 0 unspecified atom stereocenters. The van der Waals surface area contributed by atoms with Crippen molar-refractivity contribution in [2.24, 2.45) is 5.41 Å². The number of carbonyl (C=O) groups is 1. The molecular weight excluding hydrogens is 274 g/mol. The molecule has 3 nitrogen and oxygen atoms in total. The molecule has 22 heavy (non-hydrogen) atoms. The summed E-state index contributed by atoms with van der Waals surface area (Å²) < 4.78 is 6.08. The van der Waals surface area contributed by atoms with Gasteiger partial charge in [0.05, 0.1) is 6.07 Å². The highest BCUT2D eigenvalue weighted by molar-refractivity contribution is 5.82. The average Bonchev–Trinajstić information content (AvgIpc) is 2.94. The summed E-state index contributed by atoms with van der Waals surface area (Å²) in [6, 6.07) is 1.97. The van der Waals surface area contributed by atoms with E-state index in [-0.39, 0.29) is 11.5 Å². The van der Waals surface area contributed by atoms with E-state index in [9.17, 15) is 4.79 Å². The molecule has 0 radical (unpaired) electrons. The molecule has 1 rings (SSSR count). The fourth-order valence-electron chi connectivity index (χ4n) is 2.09. The van der Waals surface area contributed by atoms with E-state index in [0.717, 1.165) is 12.0 Å². The number of rotatable bonds is 6. The Morgan fingerprint density at radius 3 is 2.41 bits per heavy atom. The minimum absolute atomic E-state index is 0.00512. The second kappa shape index (κ2) is 8.19. The van der Waals surface area contributed by atoms with Crippen LogP contribution in [0.1, 0.15) is 34.1 Å². The lowest BCUT2D eigenvalue weighted by molar-refractivity contribution is -0.104. The van der Waals surface area contributed by atoms with Gasteiger partial charge in [0, 0.05) is 23.6 Å². The van der Waals surface area contributed by atoms with Crippen molar-refractivity contribution in [3.8, 4) is 6.07 Å². The van der Waals surface area contributed by atoms with Crippen LogP contribution >= 0.6 is 0 Å². The summed E-state index contributed by atoms with van der Waals surface area (Å²) in [5, 5.41) is 8.81. The van der Waals surface area contributed by atoms with Crippen molar-refractivity contribution in [2.75, 3.05) is 0 Å². The van der Waals surface area contributed by atoms with E-state index in [0.29, 0.717) is 17.6 Å². The molecule has 0 heterocycles. The Balaban J connectivity index is 3.32. The Hall–Kier alpha value is -2.34. The SMILES string of the molecule is C/C=C(/C=O)C(/C=C/C#N)=C(CC(C)(C)C)OC1C=CC=C1. The minimum Gasteiger partial charge on any atom is -0.486 e. The summed E-state index contributed by atoms with van der Waals surface area (Å²) in [4.78, 5) is 11.3. The lowest BCUT2D eigenvalue weighted by atomic mass is 9.88. The number of allylic oxidation sites excluding steroid dienone is 8. The van der Waals surface area contributed by atoms with Gasteiger partial charge in [-0.15, -0.1) is 0 Å². The molecule has 0 aromatic carbocycles. The maximum absolute atomic E-state index is 11.3. The first-order valence-electron chi connectivity index (χ1n) is 7.34. The Bertz CT molecular complexity index is 578. The van der Waals surface area contributed by atoms with Gasteiger partial charge in [-0.3, -0.25) is 4.79 Å². The summed E-state index contributed by atoms with van der Waals surface area (Å²) >= 11 is 0. The number of hydrogen-bond acceptors (Lipinski definition) is 3. The normalized spacial score (nSPS) is 16.8. The van der Waals surface area contributed by atoms with E-state index in [1.165, 1.54) is 6.08 Å². The van der Waals surface area contributed by atoms with E-state index >= 15 is 0 Å². The molecule has 0 saturated carbocycles. The van der Waals surface area contributed by atoms with Crippen LogP contribution in [-0.2, 0) is 9.53 Å². The van der Waals surface area contributed by atoms with Crippen molar-refractivity contribution in [1.82, 2.24) is 0 Å². The molecule has 0 N–H and O–H groups in total. The molecular formula is C19H23NO2. The highest BCUT2D eigenvalue weighted by atomic mass is 16.5. The van der Waals surface area contributed by atoms with Crippen LogP contribution in [0, 0.1) is 16.7 Å². The van der Waals surface area contributed by atoms with Crippen LogP contribution in [0.3, 0.4) is 0 Å². The maximum Gasteiger partial charge on any atom is 0.150 e. The number of aldehydes is 1. The van der Waals surface area contributed by atoms with Gasteiger partial charge in [0.15, 0.2) is 0 Å². The van der Waals surface area contributed by atoms with E-state index in [4.69, 9.17) is 10.00 Å². The second-order valence-electron chi connectivity index (χ2n) is 6.25. The predicted octanol–water partition coefficient (Wildman–Crippen LogP) is 4.41. The minimum atomic E-state index is -0.132. The Labute approximate surface area is 133 Å². The van der Waals surface area contributed by atoms with Gasteiger partial charge >= 0.3 is 0 Å². The fourth-order valence-corrected chi connectivity index (χ4v) is 2.09. The molecule has 0 amide bonds. The number of nitrogens with zero attached hydrogens (tertiary/aromatic N) is 1. The third-order valence-corrected chi connectivity index (χ3v) is 3.06. The first kappa shape index (κ1) is 17.7. The molecule has 0 aromatic heterocycles. The number of carbonyl (C=O) groups excluding carboxylic acids is 1. The predicted molar refractivity (Wildman–Crippen MR) is 88.8 cm³/mol. The summed E-state index contributed by atoms with van der Waals surface area (Å²) in [5.74, 6) is 0.723. The van der Waals surface area contributed by atoms with Gasteiger partial charge in [-0.2, -0.15) is 5.26 Å². The largest absolute Gasteiger partial charge is 0.486 e. The van der Waals surface area contributed by atoms with E-state index in [2.05, 4.69) is 20.8 Å². The standard InChI is InChI=1S/C19H23NO2/c1-5-15(14-21)17(11-8-12-20)18(13-19(2,3)4)22-16-9-6-7-10-16/h5-11,14,16H,13H2,1-4H3/b11-8+,15-5-,18-17?. The van der Waals surface area contributed by atoms with Crippen molar-refractivity contribution in [2.45, 2.75) is 40.2 Å². The molecule has 1 aliphatic rings. The summed E-state index contributed by atoms with van der Waals surface area (Å²) in [5.41, 5.74) is 1.19. The topological polar surface area (TPSA) is 50.1 Å². The highest BCUT2D eigenvalue weighted by Gasteiger charge is 2.21. The third kappa shape index (κ3) is 5.57. The van der Waals surface area contributed by atoms with Gasteiger partial charge in [-0.1, -0.05) is 39.0 Å². The molecule has 0 bridgehead atoms. The molecule has 116 valence electrons. The number of nitriles is 1. The average molecular weight is 297 g/mol. The third-order valence-electron chi connectivity index (χ3n) is 3.06. The highest BCUT2D eigenvalue weighted by Crippen LogP contribution is 2.31. The van der Waals surface area contributed by atoms with Crippen LogP contribution in [0.2, 0.25) is 0 Å². The van der Waals surface area contributed by atoms with E-state index in [1.54, 1.807) is 19.1 Å². The van der Waals surface area contributed by atoms with Crippen LogP contribution in [-0.4, -0.2) is 12.4 Å². The van der Waals surface area contributed by atoms with Crippen molar-refractivity contribution >= 4 is 6.29 Å².